The first-order valence-corrected chi connectivity index (χ1v) is 9.57. The molecule has 1 amide bonds. The van der Waals surface area contributed by atoms with Gasteiger partial charge in [0.05, 0.1) is 19.2 Å². The summed E-state index contributed by atoms with van der Waals surface area (Å²) in [6, 6.07) is 7.19. The number of piperazine rings is 1. The van der Waals surface area contributed by atoms with E-state index >= 15 is 0 Å². The van der Waals surface area contributed by atoms with E-state index in [1.165, 1.54) is 7.11 Å². The molecule has 0 radical (unpaired) electrons. The second kappa shape index (κ2) is 10.9. The van der Waals surface area contributed by atoms with E-state index in [4.69, 9.17) is 4.74 Å². The van der Waals surface area contributed by atoms with Crippen LogP contribution in [0.5, 0.6) is 5.75 Å². The number of nitrogens with zero attached hydrogens (tertiary/aromatic N) is 2. The number of esters is 1. The Morgan fingerprint density at radius 1 is 1.11 bits per heavy atom. The summed E-state index contributed by atoms with van der Waals surface area (Å²) in [5.74, 6) is 0.497. The molecule has 1 heterocycles. The highest BCUT2D eigenvalue weighted by atomic mass is 16.5. The predicted octanol–water partition coefficient (Wildman–Crippen LogP) is 1.38. The van der Waals surface area contributed by atoms with Crippen LogP contribution in [0.4, 0.5) is 0 Å². The van der Waals surface area contributed by atoms with E-state index < -0.39 is 0 Å². The SMILES string of the molecule is CCC(C)NC(=O)CN1CCN(CCOc2ccc(C(=O)OC)cc2)CC1. The van der Waals surface area contributed by atoms with Crippen LogP contribution < -0.4 is 10.1 Å². The molecule has 1 aromatic carbocycles. The van der Waals surface area contributed by atoms with Crippen molar-refractivity contribution < 1.29 is 19.1 Å². The van der Waals surface area contributed by atoms with Crippen molar-refractivity contribution >= 4 is 11.9 Å². The standard InChI is InChI=1S/C20H31N3O4/c1-4-16(2)21-19(24)15-23-11-9-22(10-12-23)13-14-27-18-7-5-17(6-8-18)20(25)26-3/h5-8,16H,4,9-15H2,1-3H3,(H,21,24). The molecule has 1 aliphatic heterocycles. The van der Waals surface area contributed by atoms with Crippen LogP contribution in [0.3, 0.4) is 0 Å². The molecule has 27 heavy (non-hydrogen) atoms. The zero-order chi connectivity index (χ0) is 19.6. The van der Waals surface area contributed by atoms with E-state index in [0.717, 1.165) is 44.9 Å². The van der Waals surface area contributed by atoms with E-state index in [1.54, 1.807) is 24.3 Å². The summed E-state index contributed by atoms with van der Waals surface area (Å²) in [4.78, 5) is 27.9. The van der Waals surface area contributed by atoms with Gasteiger partial charge in [0, 0.05) is 38.8 Å². The van der Waals surface area contributed by atoms with Gasteiger partial charge < -0.3 is 14.8 Å². The molecular formula is C20H31N3O4. The van der Waals surface area contributed by atoms with Crippen LogP contribution in [0.25, 0.3) is 0 Å². The van der Waals surface area contributed by atoms with E-state index in [2.05, 4.69) is 26.8 Å². The summed E-state index contributed by atoms with van der Waals surface area (Å²) in [7, 11) is 1.37. The minimum absolute atomic E-state index is 0.108. The average Bonchev–Trinajstić information content (AvgIpc) is 2.69. The quantitative estimate of drug-likeness (QED) is 0.656. The fraction of sp³-hybridized carbons (Fsp3) is 0.600. The fourth-order valence-corrected chi connectivity index (χ4v) is 2.89. The van der Waals surface area contributed by atoms with Gasteiger partial charge in [-0.05, 0) is 37.6 Å². The second-order valence-electron chi connectivity index (χ2n) is 6.86. The molecule has 1 aliphatic rings. The summed E-state index contributed by atoms with van der Waals surface area (Å²) in [6.45, 7) is 9.64. The van der Waals surface area contributed by atoms with Gasteiger partial charge in [0.15, 0.2) is 0 Å². The van der Waals surface area contributed by atoms with E-state index in [9.17, 15) is 9.59 Å². The highest BCUT2D eigenvalue weighted by Gasteiger charge is 2.19. The van der Waals surface area contributed by atoms with Crippen LogP contribution >= 0.6 is 0 Å². The number of amides is 1. The molecule has 1 fully saturated rings. The zero-order valence-electron chi connectivity index (χ0n) is 16.6. The Bertz CT molecular complexity index is 598. The molecule has 0 saturated carbocycles. The summed E-state index contributed by atoms with van der Waals surface area (Å²) in [5.41, 5.74) is 0.512. The number of ether oxygens (including phenoxy) is 2. The lowest BCUT2D eigenvalue weighted by molar-refractivity contribution is -0.123. The molecular weight excluding hydrogens is 346 g/mol. The number of rotatable bonds is 9. The highest BCUT2D eigenvalue weighted by Crippen LogP contribution is 2.13. The van der Waals surface area contributed by atoms with Crippen LogP contribution in [-0.4, -0.2) is 80.7 Å². The van der Waals surface area contributed by atoms with Gasteiger partial charge in [-0.2, -0.15) is 0 Å². The number of nitrogens with one attached hydrogen (secondary N) is 1. The molecule has 7 heteroatoms. The number of hydrogen-bond donors (Lipinski definition) is 1. The van der Waals surface area contributed by atoms with Gasteiger partial charge in [-0.1, -0.05) is 6.92 Å². The third-order valence-electron chi connectivity index (χ3n) is 4.80. The first kappa shape index (κ1) is 21.2. The first-order valence-electron chi connectivity index (χ1n) is 9.57. The van der Waals surface area contributed by atoms with Gasteiger partial charge in [0.1, 0.15) is 12.4 Å². The number of carbonyl (C=O) groups excluding carboxylic acids is 2. The maximum Gasteiger partial charge on any atom is 0.337 e. The molecule has 0 aliphatic carbocycles. The molecule has 1 N–H and O–H groups in total. The minimum Gasteiger partial charge on any atom is -0.492 e. The average molecular weight is 377 g/mol. The normalized spacial score (nSPS) is 16.6. The Morgan fingerprint density at radius 2 is 1.74 bits per heavy atom. The second-order valence-corrected chi connectivity index (χ2v) is 6.86. The van der Waals surface area contributed by atoms with Crippen LogP contribution in [0.2, 0.25) is 0 Å². The van der Waals surface area contributed by atoms with Crippen LogP contribution in [-0.2, 0) is 9.53 Å². The zero-order valence-corrected chi connectivity index (χ0v) is 16.6. The van der Waals surface area contributed by atoms with Crippen molar-refractivity contribution in [3.05, 3.63) is 29.8 Å². The number of methoxy groups -OCH3 is 1. The summed E-state index contributed by atoms with van der Waals surface area (Å²) in [6.07, 6.45) is 0.949. The molecule has 1 unspecified atom stereocenters. The monoisotopic (exact) mass is 377 g/mol. The molecule has 0 spiro atoms. The van der Waals surface area contributed by atoms with E-state index in [0.29, 0.717) is 18.7 Å². The van der Waals surface area contributed by atoms with Crippen molar-refractivity contribution in [3.63, 3.8) is 0 Å². The number of hydrogen-bond acceptors (Lipinski definition) is 6. The van der Waals surface area contributed by atoms with Crippen molar-refractivity contribution in [3.8, 4) is 5.75 Å². The van der Waals surface area contributed by atoms with Gasteiger partial charge in [-0.3, -0.25) is 14.6 Å². The van der Waals surface area contributed by atoms with Crippen molar-refractivity contribution in [2.24, 2.45) is 0 Å². The first-order chi connectivity index (χ1) is 13.0. The lowest BCUT2D eigenvalue weighted by Crippen LogP contribution is -2.50. The molecule has 1 saturated heterocycles. The fourth-order valence-electron chi connectivity index (χ4n) is 2.89. The van der Waals surface area contributed by atoms with Gasteiger partial charge in [0.2, 0.25) is 5.91 Å². The molecule has 2 rings (SSSR count). The third kappa shape index (κ3) is 7.19. The molecule has 7 nitrogen and oxygen atoms in total. The number of carbonyl (C=O) groups is 2. The topological polar surface area (TPSA) is 71.1 Å². The summed E-state index contributed by atoms with van der Waals surface area (Å²) >= 11 is 0. The summed E-state index contributed by atoms with van der Waals surface area (Å²) < 4.78 is 10.4. The molecule has 150 valence electrons. The predicted molar refractivity (Wildman–Crippen MR) is 104 cm³/mol. The van der Waals surface area contributed by atoms with Crippen molar-refractivity contribution in [1.29, 1.82) is 0 Å². The van der Waals surface area contributed by atoms with Crippen molar-refractivity contribution in [1.82, 2.24) is 15.1 Å². The Hall–Kier alpha value is -2.12. The maximum absolute atomic E-state index is 12.0. The van der Waals surface area contributed by atoms with Crippen molar-refractivity contribution in [2.75, 3.05) is 53.0 Å². The lowest BCUT2D eigenvalue weighted by atomic mass is 10.2. The number of benzene rings is 1. The van der Waals surface area contributed by atoms with Gasteiger partial charge in [-0.25, -0.2) is 4.79 Å². The van der Waals surface area contributed by atoms with Gasteiger partial charge in [0.25, 0.3) is 0 Å². The lowest BCUT2D eigenvalue weighted by Gasteiger charge is -2.34. The Labute approximate surface area is 161 Å². The molecule has 1 aromatic rings. The van der Waals surface area contributed by atoms with E-state index in [1.807, 2.05) is 6.92 Å². The summed E-state index contributed by atoms with van der Waals surface area (Å²) in [5, 5.41) is 3.01. The third-order valence-corrected chi connectivity index (χ3v) is 4.80. The molecule has 1 atom stereocenters. The Balaban J connectivity index is 1.63. The van der Waals surface area contributed by atoms with Gasteiger partial charge >= 0.3 is 5.97 Å². The van der Waals surface area contributed by atoms with Crippen LogP contribution in [0.15, 0.2) is 24.3 Å². The Morgan fingerprint density at radius 3 is 2.33 bits per heavy atom. The van der Waals surface area contributed by atoms with Gasteiger partial charge in [-0.15, -0.1) is 0 Å². The van der Waals surface area contributed by atoms with Crippen molar-refractivity contribution in [2.45, 2.75) is 26.3 Å². The largest absolute Gasteiger partial charge is 0.492 e. The highest BCUT2D eigenvalue weighted by molar-refractivity contribution is 5.89. The Kier molecular flexibility index (Phi) is 8.54. The van der Waals surface area contributed by atoms with Crippen LogP contribution in [0, 0.1) is 0 Å². The van der Waals surface area contributed by atoms with E-state index in [-0.39, 0.29) is 17.9 Å². The van der Waals surface area contributed by atoms with Crippen LogP contribution in [0.1, 0.15) is 30.6 Å². The molecule has 0 aromatic heterocycles. The maximum atomic E-state index is 12.0. The smallest absolute Gasteiger partial charge is 0.337 e. The minimum atomic E-state index is -0.350. The molecule has 0 bridgehead atoms.